The van der Waals surface area contributed by atoms with Crippen molar-refractivity contribution in [1.29, 1.82) is 0 Å². The summed E-state index contributed by atoms with van der Waals surface area (Å²) in [5.74, 6) is 0.0996. The van der Waals surface area contributed by atoms with Gasteiger partial charge in [-0.15, -0.1) is 0 Å². The first-order valence-electron chi connectivity index (χ1n) is 13.4. The molecule has 0 aliphatic heterocycles. The highest BCUT2D eigenvalue weighted by Crippen LogP contribution is 2.23. The van der Waals surface area contributed by atoms with Gasteiger partial charge in [0.1, 0.15) is 24.9 Å². The lowest BCUT2D eigenvalue weighted by atomic mass is 10.1. The molecule has 3 aromatic rings. The third-order valence-corrected chi connectivity index (χ3v) is 7.46. The van der Waals surface area contributed by atoms with E-state index < -0.39 is 28.5 Å². The maximum atomic E-state index is 13.8. The van der Waals surface area contributed by atoms with Gasteiger partial charge in [-0.3, -0.25) is 13.9 Å². The molecular formula is C31H39N3O5S. The Labute approximate surface area is 238 Å². The van der Waals surface area contributed by atoms with E-state index in [0.29, 0.717) is 31.0 Å². The average molecular weight is 566 g/mol. The molecule has 0 aromatic heterocycles. The summed E-state index contributed by atoms with van der Waals surface area (Å²) in [7, 11) is -3.82. The molecule has 0 aliphatic rings. The van der Waals surface area contributed by atoms with E-state index in [4.69, 9.17) is 4.74 Å². The third kappa shape index (κ3) is 9.12. The number of sulfonamides is 1. The van der Waals surface area contributed by atoms with Gasteiger partial charge in [0.2, 0.25) is 21.8 Å². The fourth-order valence-corrected chi connectivity index (χ4v) is 5.03. The maximum absolute atomic E-state index is 13.8. The van der Waals surface area contributed by atoms with Crippen molar-refractivity contribution in [2.45, 2.75) is 46.4 Å². The second-order valence-electron chi connectivity index (χ2n) is 10.1. The van der Waals surface area contributed by atoms with Crippen LogP contribution in [0.15, 0.2) is 84.9 Å². The van der Waals surface area contributed by atoms with Crippen molar-refractivity contribution in [3.8, 4) is 5.75 Å². The predicted octanol–water partition coefficient (Wildman–Crippen LogP) is 4.61. The van der Waals surface area contributed by atoms with Crippen molar-refractivity contribution in [3.63, 3.8) is 0 Å². The van der Waals surface area contributed by atoms with E-state index in [1.807, 2.05) is 81.4 Å². The Morgan fingerprint density at radius 2 is 1.45 bits per heavy atom. The second-order valence-corrected chi connectivity index (χ2v) is 12.0. The highest BCUT2D eigenvalue weighted by molar-refractivity contribution is 7.92. The predicted molar refractivity (Wildman–Crippen MR) is 158 cm³/mol. The normalized spacial score (nSPS) is 12.0. The van der Waals surface area contributed by atoms with Crippen LogP contribution < -0.4 is 14.4 Å². The van der Waals surface area contributed by atoms with Crippen LogP contribution in [0.2, 0.25) is 0 Å². The topological polar surface area (TPSA) is 96.0 Å². The van der Waals surface area contributed by atoms with E-state index in [2.05, 4.69) is 5.32 Å². The fourth-order valence-electron chi connectivity index (χ4n) is 4.19. The summed E-state index contributed by atoms with van der Waals surface area (Å²) in [5, 5.41) is 2.92. The number of amides is 2. The number of ether oxygens (including phenoxy) is 1. The molecule has 3 rings (SSSR count). The van der Waals surface area contributed by atoms with Gasteiger partial charge in [0, 0.05) is 13.1 Å². The van der Waals surface area contributed by atoms with Crippen molar-refractivity contribution >= 4 is 27.5 Å². The minimum absolute atomic E-state index is 0.178. The summed E-state index contributed by atoms with van der Waals surface area (Å²) in [6, 6.07) is 24.9. The van der Waals surface area contributed by atoms with Crippen LogP contribution in [0.1, 0.15) is 38.3 Å². The monoisotopic (exact) mass is 565 g/mol. The Kier molecular flexibility index (Phi) is 11.1. The second kappa shape index (κ2) is 14.5. The minimum Gasteiger partial charge on any atom is -0.489 e. The number of benzene rings is 3. The molecule has 0 saturated heterocycles. The van der Waals surface area contributed by atoms with Gasteiger partial charge in [-0.05, 0) is 47.7 Å². The number of nitrogens with one attached hydrogen (secondary N) is 1. The molecule has 214 valence electrons. The van der Waals surface area contributed by atoms with Gasteiger partial charge in [-0.1, -0.05) is 81.4 Å². The summed E-state index contributed by atoms with van der Waals surface area (Å²) in [6.07, 6.45) is 1.45. The van der Waals surface area contributed by atoms with Crippen molar-refractivity contribution in [2.75, 3.05) is 23.7 Å². The molecule has 8 nitrogen and oxygen atoms in total. The quantitative estimate of drug-likeness (QED) is 0.308. The number of carbonyl (C=O) groups excluding carboxylic acids is 2. The van der Waals surface area contributed by atoms with Gasteiger partial charge in [0.05, 0.1) is 11.9 Å². The number of hydrogen-bond donors (Lipinski definition) is 1. The lowest BCUT2D eigenvalue weighted by molar-refractivity contribution is -0.140. The molecule has 40 heavy (non-hydrogen) atoms. The number of carbonyl (C=O) groups is 2. The van der Waals surface area contributed by atoms with Crippen molar-refractivity contribution in [2.24, 2.45) is 5.92 Å². The highest BCUT2D eigenvalue weighted by Gasteiger charge is 2.31. The molecule has 0 aliphatic carbocycles. The van der Waals surface area contributed by atoms with Gasteiger partial charge in [-0.25, -0.2) is 8.42 Å². The van der Waals surface area contributed by atoms with Crippen LogP contribution in [0.4, 0.5) is 5.69 Å². The standard InChI is InChI=1S/C31H39N3O5S/c1-5-29(31(36)32-20-24(2)3)33(21-25-12-8-6-9-13-25)30(35)22-34(40(4,37)38)27-16-18-28(19-17-27)39-23-26-14-10-7-11-15-26/h6-19,24,29H,5,20-23H2,1-4H3,(H,32,36)/t29-/m0/s1. The first-order valence-corrected chi connectivity index (χ1v) is 15.3. The summed E-state index contributed by atoms with van der Waals surface area (Å²) in [5.41, 5.74) is 2.19. The Hall–Kier alpha value is -3.85. The Bertz CT molecular complexity index is 1330. The maximum Gasteiger partial charge on any atom is 0.244 e. The van der Waals surface area contributed by atoms with Crippen molar-refractivity contribution in [3.05, 3.63) is 96.1 Å². The average Bonchev–Trinajstić information content (AvgIpc) is 2.94. The van der Waals surface area contributed by atoms with Gasteiger partial charge in [-0.2, -0.15) is 0 Å². The Morgan fingerprint density at radius 3 is 1.98 bits per heavy atom. The Morgan fingerprint density at radius 1 is 0.875 bits per heavy atom. The largest absolute Gasteiger partial charge is 0.489 e. The van der Waals surface area contributed by atoms with Crippen LogP contribution in [0, 0.1) is 5.92 Å². The molecule has 0 saturated carbocycles. The zero-order chi connectivity index (χ0) is 29.1. The van der Waals surface area contributed by atoms with Gasteiger partial charge >= 0.3 is 0 Å². The highest BCUT2D eigenvalue weighted by atomic mass is 32.2. The summed E-state index contributed by atoms with van der Waals surface area (Å²) in [4.78, 5) is 28.4. The summed E-state index contributed by atoms with van der Waals surface area (Å²) in [6.45, 7) is 6.43. The van der Waals surface area contributed by atoms with Gasteiger partial charge in [0.25, 0.3) is 0 Å². The minimum atomic E-state index is -3.82. The molecule has 9 heteroatoms. The lowest BCUT2D eigenvalue weighted by Gasteiger charge is -2.33. The smallest absolute Gasteiger partial charge is 0.244 e. The molecule has 1 N–H and O–H groups in total. The SMILES string of the molecule is CC[C@@H](C(=O)NCC(C)C)N(Cc1ccccc1)C(=O)CN(c1ccc(OCc2ccccc2)cc1)S(C)(=O)=O. The molecule has 0 unspecified atom stereocenters. The number of rotatable bonds is 14. The number of nitrogens with zero attached hydrogens (tertiary/aromatic N) is 2. The van der Waals surface area contributed by atoms with Gasteiger partial charge < -0.3 is 15.0 Å². The molecule has 0 heterocycles. The summed E-state index contributed by atoms with van der Waals surface area (Å²) >= 11 is 0. The van der Waals surface area contributed by atoms with Crippen LogP contribution in [-0.4, -0.2) is 50.5 Å². The molecule has 0 bridgehead atoms. The van der Waals surface area contributed by atoms with E-state index in [9.17, 15) is 18.0 Å². The lowest BCUT2D eigenvalue weighted by Crippen LogP contribution is -2.52. The van der Waals surface area contributed by atoms with Crippen LogP contribution >= 0.6 is 0 Å². The van der Waals surface area contributed by atoms with Crippen LogP contribution in [0.25, 0.3) is 0 Å². The van der Waals surface area contributed by atoms with Crippen LogP contribution in [0.3, 0.4) is 0 Å². The zero-order valence-electron chi connectivity index (χ0n) is 23.6. The molecule has 1 atom stereocenters. The Balaban J connectivity index is 1.82. The van der Waals surface area contributed by atoms with E-state index in [-0.39, 0.29) is 18.4 Å². The molecular weight excluding hydrogens is 526 g/mol. The number of hydrogen-bond acceptors (Lipinski definition) is 5. The van der Waals surface area contributed by atoms with E-state index in [1.54, 1.807) is 24.3 Å². The van der Waals surface area contributed by atoms with Crippen molar-refractivity contribution < 1.29 is 22.7 Å². The van der Waals surface area contributed by atoms with E-state index in [1.165, 1.54) is 4.90 Å². The van der Waals surface area contributed by atoms with E-state index in [0.717, 1.165) is 21.7 Å². The molecule has 0 radical (unpaired) electrons. The van der Waals surface area contributed by atoms with Crippen LogP contribution in [-0.2, 0) is 32.8 Å². The summed E-state index contributed by atoms with van der Waals surface area (Å²) < 4.78 is 32.6. The zero-order valence-corrected chi connectivity index (χ0v) is 24.4. The molecule has 0 fully saturated rings. The van der Waals surface area contributed by atoms with E-state index >= 15 is 0 Å². The fraction of sp³-hybridized carbons (Fsp3) is 0.355. The first-order chi connectivity index (χ1) is 19.1. The van der Waals surface area contributed by atoms with Gasteiger partial charge in [0.15, 0.2) is 0 Å². The third-order valence-electron chi connectivity index (χ3n) is 6.32. The first kappa shape index (κ1) is 30.7. The van der Waals surface area contributed by atoms with Crippen molar-refractivity contribution in [1.82, 2.24) is 10.2 Å². The molecule has 0 spiro atoms. The van der Waals surface area contributed by atoms with Crippen LogP contribution in [0.5, 0.6) is 5.75 Å². The molecule has 3 aromatic carbocycles. The number of anilines is 1. The molecule has 2 amide bonds.